The Morgan fingerprint density at radius 3 is 2.44 bits per heavy atom. The average molecular weight is 442 g/mol. The van der Waals surface area contributed by atoms with Gasteiger partial charge in [0.2, 0.25) is 0 Å². The van der Waals surface area contributed by atoms with E-state index in [4.69, 9.17) is 0 Å². The SMILES string of the molecule is CC(CO)(C[C@@H](Cc1ccc(-c2ccccc2F)cc1)NC(=O)c1coc(=O)[nH]1)C(=O)O. The molecule has 3 aromatic rings. The van der Waals surface area contributed by atoms with E-state index in [0.717, 1.165) is 11.8 Å². The fourth-order valence-corrected chi connectivity index (χ4v) is 3.39. The number of halogens is 1. The van der Waals surface area contributed by atoms with Crippen LogP contribution >= 0.6 is 0 Å². The Bertz CT molecular complexity index is 1150. The van der Waals surface area contributed by atoms with Gasteiger partial charge in [0.15, 0.2) is 0 Å². The van der Waals surface area contributed by atoms with E-state index >= 15 is 0 Å². The minimum Gasteiger partial charge on any atom is -0.481 e. The van der Waals surface area contributed by atoms with Crippen LogP contribution in [0.4, 0.5) is 4.39 Å². The molecule has 1 unspecified atom stereocenters. The number of carboxylic acids is 1. The zero-order valence-electron chi connectivity index (χ0n) is 17.3. The molecule has 1 heterocycles. The van der Waals surface area contributed by atoms with Gasteiger partial charge in [-0.25, -0.2) is 9.18 Å². The lowest BCUT2D eigenvalue weighted by Crippen LogP contribution is -2.44. The monoisotopic (exact) mass is 442 g/mol. The number of hydrogen-bond acceptors (Lipinski definition) is 5. The number of carbonyl (C=O) groups is 2. The highest BCUT2D eigenvalue weighted by Gasteiger charge is 2.36. The molecule has 0 saturated carbocycles. The first kappa shape index (κ1) is 23.0. The molecule has 0 aliphatic heterocycles. The number of benzene rings is 2. The van der Waals surface area contributed by atoms with Gasteiger partial charge in [0.1, 0.15) is 17.8 Å². The number of aromatic nitrogens is 1. The molecular weight excluding hydrogens is 419 g/mol. The lowest BCUT2D eigenvalue weighted by molar-refractivity contribution is -0.151. The molecule has 1 amide bonds. The van der Waals surface area contributed by atoms with E-state index in [1.165, 1.54) is 13.0 Å². The maximum atomic E-state index is 14.0. The van der Waals surface area contributed by atoms with Gasteiger partial charge in [0.05, 0.1) is 12.0 Å². The quantitative estimate of drug-likeness (QED) is 0.403. The van der Waals surface area contributed by atoms with Crippen LogP contribution in [0.3, 0.4) is 0 Å². The largest absolute Gasteiger partial charge is 0.481 e. The molecular formula is C23H23FN2O6. The van der Waals surface area contributed by atoms with Crippen molar-refractivity contribution in [3.63, 3.8) is 0 Å². The van der Waals surface area contributed by atoms with Crippen molar-refractivity contribution in [3.05, 3.63) is 82.4 Å². The second-order valence-corrected chi connectivity index (χ2v) is 7.84. The fraction of sp³-hybridized carbons (Fsp3) is 0.261. The van der Waals surface area contributed by atoms with Crippen molar-refractivity contribution >= 4 is 11.9 Å². The molecule has 2 aromatic carbocycles. The van der Waals surface area contributed by atoms with Crippen molar-refractivity contribution in [2.75, 3.05) is 6.61 Å². The van der Waals surface area contributed by atoms with Crippen LogP contribution in [0.1, 0.15) is 29.4 Å². The first-order valence-corrected chi connectivity index (χ1v) is 9.88. The number of aromatic amines is 1. The number of rotatable bonds is 9. The summed E-state index contributed by atoms with van der Waals surface area (Å²) < 4.78 is 18.6. The lowest BCUT2D eigenvalue weighted by Gasteiger charge is -2.28. The van der Waals surface area contributed by atoms with Crippen LogP contribution in [-0.4, -0.2) is 39.7 Å². The summed E-state index contributed by atoms with van der Waals surface area (Å²) in [6.07, 6.45) is 1.15. The number of aliphatic carboxylic acids is 1. The minimum absolute atomic E-state index is 0.0677. The summed E-state index contributed by atoms with van der Waals surface area (Å²) >= 11 is 0. The molecule has 168 valence electrons. The van der Waals surface area contributed by atoms with E-state index in [2.05, 4.69) is 14.7 Å². The van der Waals surface area contributed by atoms with E-state index in [0.29, 0.717) is 11.1 Å². The highest BCUT2D eigenvalue weighted by atomic mass is 19.1. The van der Waals surface area contributed by atoms with Crippen LogP contribution in [-0.2, 0) is 11.2 Å². The number of H-pyrrole nitrogens is 1. The van der Waals surface area contributed by atoms with Gasteiger partial charge in [-0.3, -0.25) is 14.6 Å². The number of hydrogen-bond donors (Lipinski definition) is 4. The molecule has 1 aromatic heterocycles. The first-order valence-electron chi connectivity index (χ1n) is 9.88. The summed E-state index contributed by atoms with van der Waals surface area (Å²) in [5, 5.41) is 21.8. The number of aliphatic hydroxyl groups is 1. The molecule has 0 bridgehead atoms. The van der Waals surface area contributed by atoms with E-state index in [1.807, 2.05) is 0 Å². The van der Waals surface area contributed by atoms with Crippen molar-refractivity contribution in [2.24, 2.45) is 5.41 Å². The number of carbonyl (C=O) groups excluding carboxylic acids is 1. The van der Waals surface area contributed by atoms with E-state index in [-0.39, 0.29) is 24.4 Å². The average Bonchev–Trinajstić information content (AvgIpc) is 3.21. The van der Waals surface area contributed by atoms with Crippen LogP contribution in [0.2, 0.25) is 0 Å². The van der Waals surface area contributed by atoms with Crippen LogP contribution in [0, 0.1) is 11.2 Å². The third-order valence-electron chi connectivity index (χ3n) is 5.28. The number of nitrogens with one attached hydrogen (secondary N) is 2. The maximum absolute atomic E-state index is 14.0. The molecule has 0 saturated heterocycles. The number of aliphatic hydroxyl groups excluding tert-OH is 1. The van der Waals surface area contributed by atoms with E-state index in [9.17, 15) is 29.0 Å². The van der Waals surface area contributed by atoms with Crippen LogP contribution in [0.25, 0.3) is 11.1 Å². The highest BCUT2D eigenvalue weighted by Crippen LogP contribution is 2.26. The van der Waals surface area contributed by atoms with Crippen LogP contribution < -0.4 is 11.1 Å². The van der Waals surface area contributed by atoms with Gasteiger partial charge in [0, 0.05) is 11.6 Å². The molecule has 0 fully saturated rings. The Morgan fingerprint density at radius 1 is 1.19 bits per heavy atom. The third kappa shape index (κ3) is 5.30. The van der Waals surface area contributed by atoms with Crippen molar-refractivity contribution in [2.45, 2.75) is 25.8 Å². The summed E-state index contributed by atoms with van der Waals surface area (Å²) in [5.41, 5.74) is 0.299. The summed E-state index contributed by atoms with van der Waals surface area (Å²) in [6, 6.07) is 12.7. The predicted molar refractivity (Wildman–Crippen MR) is 114 cm³/mol. The Balaban J connectivity index is 1.82. The lowest BCUT2D eigenvalue weighted by atomic mass is 9.82. The Morgan fingerprint density at radius 2 is 1.88 bits per heavy atom. The second-order valence-electron chi connectivity index (χ2n) is 7.84. The Labute approximate surface area is 182 Å². The first-order chi connectivity index (χ1) is 15.2. The number of oxazole rings is 1. The molecule has 32 heavy (non-hydrogen) atoms. The minimum atomic E-state index is -1.49. The summed E-state index contributed by atoms with van der Waals surface area (Å²) in [6.45, 7) is 0.763. The van der Waals surface area contributed by atoms with Gasteiger partial charge in [-0.05, 0) is 37.0 Å². The van der Waals surface area contributed by atoms with Crippen molar-refractivity contribution < 1.29 is 28.6 Å². The Hall–Kier alpha value is -3.72. The highest BCUT2D eigenvalue weighted by molar-refractivity contribution is 5.92. The maximum Gasteiger partial charge on any atom is 0.416 e. The third-order valence-corrected chi connectivity index (χ3v) is 5.28. The Kier molecular flexibility index (Phi) is 6.89. The van der Waals surface area contributed by atoms with Gasteiger partial charge in [-0.15, -0.1) is 0 Å². The standard InChI is InChI=1S/C23H23FN2O6/c1-23(13-27,21(29)30)11-16(25-20(28)19-12-32-22(31)26-19)10-14-6-8-15(9-7-14)17-4-2-3-5-18(17)24/h2-9,12,16,27H,10-11,13H2,1H3,(H,25,28)(H,26,31)(H,29,30)/t16-,23?/m1/s1. The van der Waals surface area contributed by atoms with Gasteiger partial charge in [-0.2, -0.15) is 0 Å². The fourth-order valence-electron chi connectivity index (χ4n) is 3.39. The number of carboxylic acid groups (broad SMARTS) is 1. The molecule has 8 nitrogen and oxygen atoms in total. The zero-order valence-corrected chi connectivity index (χ0v) is 17.3. The van der Waals surface area contributed by atoms with Crippen LogP contribution in [0.15, 0.2) is 64.0 Å². The van der Waals surface area contributed by atoms with Gasteiger partial charge >= 0.3 is 11.7 Å². The summed E-state index contributed by atoms with van der Waals surface area (Å²) in [4.78, 5) is 37.6. The topological polar surface area (TPSA) is 133 Å². The number of amides is 1. The van der Waals surface area contributed by atoms with Crippen molar-refractivity contribution in [1.82, 2.24) is 10.3 Å². The summed E-state index contributed by atoms with van der Waals surface area (Å²) in [7, 11) is 0. The normalized spacial score (nSPS) is 13.8. The molecule has 0 radical (unpaired) electrons. The molecule has 0 aliphatic rings. The molecule has 0 aliphatic carbocycles. The molecule has 2 atom stereocenters. The van der Waals surface area contributed by atoms with Crippen LogP contribution in [0.5, 0.6) is 0 Å². The molecule has 9 heteroatoms. The van der Waals surface area contributed by atoms with Crippen molar-refractivity contribution in [3.8, 4) is 11.1 Å². The van der Waals surface area contributed by atoms with Crippen molar-refractivity contribution in [1.29, 1.82) is 0 Å². The van der Waals surface area contributed by atoms with Gasteiger partial charge in [-0.1, -0.05) is 42.5 Å². The summed E-state index contributed by atoms with van der Waals surface area (Å²) in [5.74, 6) is -2.98. The van der Waals surface area contributed by atoms with E-state index < -0.39 is 35.7 Å². The predicted octanol–water partition coefficient (Wildman–Crippen LogP) is 2.59. The molecule has 3 rings (SSSR count). The molecule has 4 N–H and O–H groups in total. The van der Waals surface area contributed by atoms with Gasteiger partial charge in [0.25, 0.3) is 5.91 Å². The van der Waals surface area contributed by atoms with E-state index in [1.54, 1.807) is 42.5 Å². The van der Waals surface area contributed by atoms with Gasteiger partial charge < -0.3 is 19.9 Å². The smallest absolute Gasteiger partial charge is 0.416 e. The second kappa shape index (κ2) is 9.61. The zero-order chi connectivity index (χ0) is 23.3. The molecule has 0 spiro atoms.